The molecule has 7 nitrogen and oxygen atoms in total. The van der Waals surface area contributed by atoms with Crippen LogP contribution in [-0.4, -0.2) is 44.5 Å². The van der Waals surface area contributed by atoms with Gasteiger partial charge in [0.25, 0.3) is 0 Å². The van der Waals surface area contributed by atoms with E-state index in [1.54, 1.807) is 29.2 Å². The molecule has 0 aromatic carbocycles. The number of carbonyl (C=O) groups excluding carboxylic acids is 1. The summed E-state index contributed by atoms with van der Waals surface area (Å²) in [4.78, 5) is 13.8. The number of aromatic nitrogens is 3. The molecule has 0 aliphatic carbocycles. The Kier molecular flexibility index (Phi) is 5.42. The molecule has 0 bridgehead atoms. The van der Waals surface area contributed by atoms with Crippen LogP contribution in [0.15, 0.2) is 53.3 Å². The number of nitrogens with two attached hydrogens (primary N) is 1. The summed E-state index contributed by atoms with van der Waals surface area (Å²) in [5.41, 5.74) is 0. The van der Waals surface area contributed by atoms with Crippen molar-refractivity contribution in [2.45, 2.75) is 5.16 Å². The fourth-order valence-electron chi connectivity index (χ4n) is 1.76. The predicted molar refractivity (Wildman–Crippen MR) is 85.6 cm³/mol. The third kappa shape index (κ3) is 3.59. The van der Waals surface area contributed by atoms with Gasteiger partial charge in [0.15, 0.2) is 5.76 Å². The molecule has 0 saturated heterocycles. The highest BCUT2D eigenvalue weighted by molar-refractivity contribution is 7.99. The summed E-state index contributed by atoms with van der Waals surface area (Å²) in [7, 11) is 0. The standard InChI is InChI=1S/C14H17N5O2S/c1-3-7-18(8-4-2)12(20)10-22-14-17-16-13(19(14)15)11-6-5-9-21-11/h3-6,9H,1-2,7-8,10,15H2. The summed E-state index contributed by atoms with van der Waals surface area (Å²) in [5.74, 6) is 7.02. The molecule has 2 aromatic heterocycles. The first kappa shape index (κ1) is 15.9. The molecular formula is C14H17N5O2S. The molecule has 2 rings (SSSR count). The number of amides is 1. The van der Waals surface area contributed by atoms with Gasteiger partial charge in [-0.25, -0.2) is 4.68 Å². The molecule has 0 saturated carbocycles. The first-order valence-electron chi connectivity index (χ1n) is 6.54. The van der Waals surface area contributed by atoms with Gasteiger partial charge in [0, 0.05) is 13.1 Å². The molecule has 8 heteroatoms. The van der Waals surface area contributed by atoms with Crippen molar-refractivity contribution in [1.29, 1.82) is 0 Å². The maximum atomic E-state index is 12.1. The second-order valence-electron chi connectivity index (χ2n) is 4.32. The Balaban J connectivity index is 2.01. The van der Waals surface area contributed by atoms with Crippen molar-refractivity contribution < 1.29 is 9.21 Å². The number of nitrogen functional groups attached to an aromatic ring is 1. The van der Waals surface area contributed by atoms with Gasteiger partial charge < -0.3 is 15.2 Å². The average molecular weight is 319 g/mol. The number of nitrogens with zero attached hydrogens (tertiary/aromatic N) is 4. The Morgan fingerprint density at radius 3 is 2.73 bits per heavy atom. The van der Waals surface area contributed by atoms with Crippen LogP contribution in [0.4, 0.5) is 0 Å². The number of carbonyl (C=O) groups is 1. The van der Waals surface area contributed by atoms with Crippen molar-refractivity contribution in [2.24, 2.45) is 0 Å². The van der Waals surface area contributed by atoms with Gasteiger partial charge in [0.2, 0.25) is 16.9 Å². The lowest BCUT2D eigenvalue weighted by Gasteiger charge is -2.18. The molecule has 0 radical (unpaired) electrons. The Labute approximate surface area is 132 Å². The lowest BCUT2D eigenvalue weighted by atomic mass is 10.4. The Hall–Kier alpha value is -2.48. The summed E-state index contributed by atoms with van der Waals surface area (Å²) >= 11 is 1.22. The topological polar surface area (TPSA) is 90.2 Å². The van der Waals surface area contributed by atoms with Gasteiger partial charge >= 0.3 is 0 Å². The maximum Gasteiger partial charge on any atom is 0.233 e. The van der Waals surface area contributed by atoms with Crippen LogP contribution in [-0.2, 0) is 4.79 Å². The minimum Gasteiger partial charge on any atom is -0.461 e. The van der Waals surface area contributed by atoms with E-state index in [-0.39, 0.29) is 11.7 Å². The van der Waals surface area contributed by atoms with Gasteiger partial charge in [-0.3, -0.25) is 4.79 Å². The van der Waals surface area contributed by atoms with Crippen molar-refractivity contribution in [3.63, 3.8) is 0 Å². The van der Waals surface area contributed by atoms with E-state index in [2.05, 4.69) is 23.4 Å². The second-order valence-corrected chi connectivity index (χ2v) is 5.26. The third-order valence-corrected chi connectivity index (χ3v) is 3.71. The maximum absolute atomic E-state index is 12.1. The molecule has 2 heterocycles. The van der Waals surface area contributed by atoms with Gasteiger partial charge in [-0.15, -0.1) is 23.4 Å². The van der Waals surface area contributed by atoms with Crippen LogP contribution in [0.25, 0.3) is 11.6 Å². The minimum absolute atomic E-state index is 0.0488. The van der Waals surface area contributed by atoms with Gasteiger partial charge in [0.1, 0.15) is 0 Å². The zero-order valence-electron chi connectivity index (χ0n) is 12.0. The van der Waals surface area contributed by atoms with Gasteiger partial charge in [-0.2, -0.15) is 0 Å². The van der Waals surface area contributed by atoms with E-state index in [1.165, 1.54) is 22.7 Å². The van der Waals surface area contributed by atoms with Crippen molar-refractivity contribution in [3.05, 3.63) is 43.7 Å². The molecule has 0 aliphatic heterocycles. The predicted octanol–water partition coefficient (Wildman–Crippen LogP) is 1.54. The van der Waals surface area contributed by atoms with Crippen molar-refractivity contribution in [1.82, 2.24) is 19.8 Å². The summed E-state index contributed by atoms with van der Waals surface area (Å²) in [6.07, 6.45) is 4.88. The molecule has 0 unspecified atom stereocenters. The largest absolute Gasteiger partial charge is 0.461 e. The zero-order chi connectivity index (χ0) is 15.9. The average Bonchev–Trinajstić information content (AvgIpc) is 3.14. The third-order valence-electron chi connectivity index (χ3n) is 2.78. The monoisotopic (exact) mass is 319 g/mol. The highest BCUT2D eigenvalue weighted by atomic mass is 32.2. The van der Waals surface area contributed by atoms with Crippen LogP contribution in [0.1, 0.15) is 0 Å². The summed E-state index contributed by atoms with van der Waals surface area (Å²) in [6, 6.07) is 3.48. The Morgan fingerprint density at radius 2 is 2.14 bits per heavy atom. The molecular weight excluding hydrogens is 302 g/mol. The first-order chi connectivity index (χ1) is 10.7. The summed E-state index contributed by atoms with van der Waals surface area (Å²) in [6.45, 7) is 8.22. The minimum atomic E-state index is -0.0488. The molecule has 0 spiro atoms. The van der Waals surface area contributed by atoms with Crippen molar-refractivity contribution in [3.8, 4) is 11.6 Å². The lowest BCUT2D eigenvalue weighted by molar-refractivity contribution is -0.127. The molecule has 22 heavy (non-hydrogen) atoms. The van der Waals surface area contributed by atoms with E-state index in [0.717, 1.165) is 0 Å². The number of hydrogen-bond acceptors (Lipinski definition) is 6. The number of hydrogen-bond donors (Lipinski definition) is 1. The van der Waals surface area contributed by atoms with Crippen LogP contribution in [0, 0.1) is 0 Å². The smallest absolute Gasteiger partial charge is 0.233 e. The quantitative estimate of drug-likeness (QED) is 0.451. The lowest BCUT2D eigenvalue weighted by Crippen LogP contribution is -2.32. The molecule has 0 aliphatic rings. The fourth-order valence-corrected chi connectivity index (χ4v) is 2.52. The van der Waals surface area contributed by atoms with E-state index < -0.39 is 0 Å². The van der Waals surface area contributed by atoms with E-state index >= 15 is 0 Å². The number of thioether (sulfide) groups is 1. The summed E-state index contributed by atoms with van der Waals surface area (Å²) < 4.78 is 6.54. The van der Waals surface area contributed by atoms with Crippen LogP contribution < -0.4 is 5.84 Å². The van der Waals surface area contributed by atoms with E-state index in [0.29, 0.717) is 29.8 Å². The van der Waals surface area contributed by atoms with E-state index in [9.17, 15) is 4.79 Å². The molecule has 2 N–H and O–H groups in total. The van der Waals surface area contributed by atoms with Crippen molar-refractivity contribution >= 4 is 17.7 Å². The molecule has 0 atom stereocenters. The molecule has 2 aromatic rings. The van der Waals surface area contributed by atoms with Gasteiger partial charge in [0.05, 0.1) is 12.0 Å². The Morgan fingerprint density at radius 1 is 1.41 bits per heavy atom. The molecule has 1 amide bonds. The van der Waals surface area contributed by atoms with Crippen molar-refractivity contribution in [2.75, 3.05) is 24.7 Å². The van der Waals surface area contributed by atoms with Gasteiger partial charge in [-0.1, -0.05) is 23.9 Å². The van der Waals surface area contributed by atoms with Crippen LogP contribution in [0.3, 0.4) is 0 Å². The number of rotatable bonds is 8. The van der Waals surface area contributed by atoms with Crippen LogP contribution in [0.2, 0.25) is 0 Å². The van der Waals surface area contributed by atoms with E-state index in [1.807, 2.05) is 0 Å². The van der Waals surface area contributed by atoms with Crippen LogP contribution >= 0.6 is 11.8 Å². The number of furan rings is 1. The second kappa shape index (κ2) is 7.51. The highest BCUT2D eigenvalue weighted by Gasteiger charge is 2.17. The SMILES string of the molecule is C=CCN(CC=C)C(=O)CSc1nnc(-c2ccco2)n1N. The first-order valence-corrected chi connectivity index (χ1v) is 7.52. The Bertz CT molecular complexity index is 640. The highest BCUT2D eigenvalue weighted by Crippen LogP contribution is 2.21. The van der Waals surface area contributed by atoms with E-state index in [4.69, 9.17) is 10.3 Å². The van der Waals surface area contributed by atoms with Crippen LogP contribution in [0.5, 0.6) is 0 Å². The fraction of sp³-hybridized carbons (Fsp3) is 0.214. The molecule has 0 fully saturated rings. The zero-order valence-corrected chi connectivity index (χ0v) is 12.8. The normalized spacial score (nSPS) is 10.4. The summed E-state index contributed by atoms with van der Waals surface area (Å²) in [5, 5.41) is 8.39. The molecule has 116 valence electrons. The van der Waals surface area contributed by atoms with Gasteiger partial charge in [-0.05, 0) is 12.1 Å².